The fourth-order valence-electron chi connectivity index (χ4n) is 3.28. The Morgan fingerprint density at radius 1 is 1.24 bits per heavy atom. The molecule has 0 aliphatic carbocycles. The average Bonchev–Trinajstić information content (AvgIpc) is 3.29. The maximum atomic E-state index is 12.7. The fraction of sp³-hybridized carbons (Fsp3) is 0.227. The van der Waals surface area contributed by atoms with Crippen molar-refractivity contribution in [3.8, 4) is 11.6 Å². The summed E-state index contributed by atoms with van der Waals surface area (Å²) in [7, 11) is 1.89. The van der Waals surface area contributed by atoms with Crippen LogP contribution in [0.3, 0.4) is 0 Å². The smallest absolute Gasteiger partial charge is 0.290 e. The molecule has 0 bridgehead atoms. The summed E-state index contributed by atoms with van der Waals surface area (Å²) in [4.78, 5) is 12.7. The van der Waals surface area contributed by atoms with E-state index in [4.69, 9.17) is 4.42 Å². The third-order valence-corrected chi connectivity index (χ3v) is 4.86. The van der Waals surface area contributed by atoms with Crippen molar-refractivity contribution in [2.75, 3.05) is 0 Å². The molecule has 1 amide bonds. The van der Waals surface area contributed by atoms with E-state index in [2.05, 4.69) is 29.6 Å². The standard InChI is InChI=1S/C22H22N4O2.Nb/c1-4-16-7-5-6-8-18(16)14-23-22(27)17-11-12-26-20(13-17)25(3)21(24-26)19-10-9-15(2)28-19;/h5-11,13H,4,14H2,1-3H3,(H,23,27);. The Morgan fingerprint density at radius 2 is 2.00 bits per heavy atom. The Labute approximate surface area is 185 Å². The topological polar surface area (TPSA) is 64.2 Å². The van der Waals surface area contributed by atoms with Gasteiger partial charge in [0.25, 0.3) is 5.82 Å². The zero-order valence-electron chi connectivity index (χ0n) is 16.6. The summed E-state index contributed by atoms with van der Waals surface area (Å²) in [5.41, 5.74) is 3.67. The number of nitrogens with zero attached hydrogens (tertiary/aromatic N) is 3. The monoisotopic (exact) mass is 467 g/mol. The summed E-state index contributed by atoms with van der Waals surface area (Å²) in [5.74, 6) is 2.04. The summed E-state index contributed by atoms with van der Waals surface area (Å²) < 4.78 is 9.19. The minimum absolute atomic E-state index is 0. The molecular formula is C22H22N4NbO2. The van der Waals surface area contributed by atoms with Crippen LogP contribution in [0.5, 0.6) is 0 Å². The summed E-state index contributed by atoms with van der Waals surface area (Å²) >= 11 is 0. The van der Waals surface area contributed by atoms with Gasteiger partial charge in [0.15, 0.2) is 11.7 Å². The average molecular weight is 467 g/mol. The van der Waals surface area contributed by atoms with Crippen LogP contribution in [-0.4, -0.2) is 15.6 Å². The van der Waals surface area contributed by atoms with Crippen LogP contribution in [0.2, 0.25) is 0 Å². The number of carbonyl (C=O) groups excluding carboxylic acids is 1. The van der Waals surface area contributed by atoms with E-state index in [9.17, 15) is 4.79 Å². The predicted molar refractivity (Wildman–Crippen MR) is 105 cm³/mol. The molecule has 1 aromatic carbocycles. The predicted octanol–water partition coefficient (Wildman–Crippen LogP) is 3.02. The molecule has 29 heavy (non-hydrogen) atoms. The van der Waals surface area contributed by atoms with E-state index < -0.39 is 0 Å². The van der Waals surface area contributed by atoms with Crippen molar-refractivity contribution in [2.45, 2.75) is 26.8 Å². The first-order chi connectivity index (χ1) is 13.6. The van der Waals surface area contributed by atoms with E-state index >= 15 is 0 Å². The third kappa shape index (κ3) is 4.19. The molecule has 3 heterocycles. The molecule has 4 aromatic rings. The molecule has 147 valence electrons. The molecule has 4 rings (SSSR count). The number of fused-ring (bicyclic) bond motifs is 1. The Hall–Kier alpha value is -2.67. The zero-order valence-corrected chi connectivity index (χ0v) is 18.8. The number of amides is 1. The van der Waals surface area contributed by atoms with E-state index in [0.29, 0.717) is 23.7 Å². The number of nitrogens with one attached hydrogen (secondary N) is 1. The number of benzene rings is 1. The number of furan rings is 1. The molecule has 0 aliphatic heterocycles. The molecule has 1 N–H and O–H groups in total. The van der Waals surface area contributed by atoms with Gasteiger partial charge < -0.3 is 9.73 Å². The van der Waals surface area contributed by atoms with Gasteiger partial charge in [-0.3, -0.25) is 9.36 Å². The van der Waals surface area contributed by atoms with Gasteiger partial charge in [-0.25, -0.2) is 4.52 Å². The molecule has 0 atom stereocenters. The van der Waals surface area contributed by atoms with E-state index in [1.807, 2.05) is 54.9 Å². The number of hydrogen-bond acceptors (Lipinski definition) is 3. The number of hydrogen-bond donors (Lipinski definition) is 1. The molecule has 1 radical (unpaired) electrons. The molecule has 0 unspecified atom stereocenters. The van der Waals surface area contributed by atoms with Crippen LogP contribution in [-0.2, 0) is 42.4 Å². The van der Waals surface area contributed by atoms with Gasteiger partial charge in [0.2, 0.25) is 5.65 Å². The normalized spacial score (nSPS) is 10.7. The van der Waals surface area contributed by atoms with Gasteiger partial charge in [0, 0.05) is 35.1 Å². The van der Waals surface area contributed by atoms with Gasteiger partial charge in [0.05, 0.1) is 7.05 Å². The van der Waals surface area contributed by atoms with Crippen molar-refractivity contribution in [1.29, 1.82) is 0 Å². The van der Waals surface area contributed by atoms with E-state index in [0.717, 1.165) is 23.4 Å². The second kappa shape index (κ2) is 8.78. The van der Waals surface area contributed by atoms with Crippen molar-refractivity contribution in [2.24, 2.45) is 7.05 Å². The van der Waals surface area contributed by atoms with Gasteiger partial charge in [-0.1, -0.05) is 47.9 Å². The molecule has 0 aliphatic rings. The maximum Gasteiger partial charge on any atom is 0.290 e. The van der Waals surface area contributed by atoms with Crippen molar-refractivity contribution in [3.63, 3.8) is 0 Å². The van der Waals surface area contributed by atoms with Gasteiger partial charge in [0.1, 0.15) is 5.76 Å². The Kier molecular flexibility index (Phi) is 6.37. The third-order valence-electron chi connectivity index (χ3n) is 4.86. The number of pyridine rings is 1. The van der Waals surface area contributed by atoms with Gasteiger partial charge in [-0.2, -0.15) is 0 Å². The minimum Gasteiger partial charge on any atom is -0.456 e. The Bertz CT molecular complexity index is 1160. The molecule has 0 saturated carbocycles. The van der Waals surface area contributed by atoms with E-state index in [1.54, 1.807) is 10.6 Å². The van der Waals surface area contributed by atoms with Gasteiger partial charge in [-0.15, -0.1) is 6.07 Å². The van der Waals surface area contributed by atoms with E-state index in [1.165, 1.54) is 5.56 Å². The summed E-state index contributed by atoms with van der Waals surface area (Å²) in [5, 5.41) is 7.51. The first-order valence-electron chi connectivity index (χ1n) is 9.29. The van der Waals surface area contributed by atoms with Crippen molar-refractivity contribution >= 4 is 11.6 Å². The quantitative estimate of drug-likeness (QED) is 0.279. The number of aryl methyl sites for hydroxylation is 3. The maximum absolute atomic E-state index is 12.7. The van der Waals surface area contributed by atoms with Crippen LogP contribution >= 0.6 is 0 Å². The van der Waals surface area contributed by atoms with Crippen LogP contribution < -0.4 is 9.83 Å². The molecule has 6 nitrogen and oxygen atoms in total. The fourth-order valence-corrected chi connectivity index (χ4v) is 3.28. The molecular weight excluding hydrogens is 445 g/mol. The summed E-state index contributed by atoms with van der Waals surface area (Å²) in [6.45, 7) is 4.50. The van der Waals surface area contributed by atoms with Crippen LogP contribution in [0, 0.1) is 13.1 Å². The molecule has 0 fully saturated rings. The van der Waals surface area contributed by atoms with Crippen molar-refractivity contribution in [3.05, 3.63) is 77.2 Å². The molecule has 0 saturated heterocycles. The number of carbonyl (C=O) groups is 1. The SMILES string of the molecule is CCc1ccccc1CNC(=O)c1c[c-][n+]2nc(-c3ccc(C)o3)n(C)c2c1.[Nb]. The van der Waals surface area contributed by atoms with Crippen molar-refractivity contribution < 1.29 is 36.1 Å². The molecule has 3 aromatic heterocycles. The molecule has 7 heteroatoms. The minimum atomic E-state index is -0.138. The largest absolute Gasteiger partial charge is 0.456 e. The van der Waals surface area contributed by atoms with Crippen LogP contribution in [0.1, 0.15) is 34.2 Å². The summed E-state index contributed by atoms with van der Waals surface area (Å²) in [6.07, 6.45) is 3.98. The molecule has 0 spiro atoms. The second-order valence-corrected chi connectivity index (χ2v) is 6.74. The zero-order chi connectivity index (χ0) is 19.7. The first kappa shape index (κ1) is 21.0. The number of rotatable bonds is 5. The van der Waals surface area contributed by atoms with E-state index in [-0.39, 0.29) is 28.3 Å². The Balaban J connectivity index is 0.00000240. The van der Waals surface area contributed by atoms with Crippen molar-refractivity contribution in [1.82, 2.24) is 15.0 Å². The van der Waals surface area contributed by atoms with Crippen LogP contribution in [0.4, 0.5) is 0 Å². The van der Waals surface area contributed by atoms with Gasteiger partial charge >= 0.3 is 0 Å². The number of aromatic nitrogens is 3. The van der Waals surface area contributed by atoms with Crippen LogP contribution in [0.15, 0.2) is 52.9 Å². The second-order valence-electron chi connectivity index (χ2n) is 6.74. The van der Waals surface area contributed by atoms with Gasteiger partial charge in [-0.05, 0) is 36.6 Å². The first-order valence-corrected chi connectivity index (χ1v) is 9.29. The summed E-state index contributed by atoms with van der Waals surface area (Å²) in [6, 6.07) is 15.4. The van der Waals surface area contributed by atoms with Crippen LogP contribution in [0.25, 0.3) is 17.2 Å². The Morgan fingerprint density at radius 3 is 2.69 bits per heavy atom.